The monoisotopic (exact) mass is 177 g/mol. The lowest BCUT2D eigenvalue weighted by Gasteiger charge is -2.04. The van der Waals surface area contributed by atoms with E-state index in [0.29, 0.717) is 9.85 Å². The lowest BCUT2D eigenvalue weighted by atomic mass is 10.3. The summed E-state index contributed by atoms with van der Waals surface area (Å²) in [5.41, 5.74) is 0. The highest BCUT2D eigenvalue weighted by Gasteiger charge is 1.95. The lowest BCUT2D eigenvalue weighted by molar-refractivity contribution is 0.137. The van der Waals surface area contributed by atoms with E-state index in [9.17, 15) is 0 Å². The molecule has 0 fully saturated rings. The SMILES string of the molecule is ClN(Cl)Oc1ccccc1. The first-order valence-corrected chi connectivity index (χ1v) is 3.31. The Labute approximate surface area is 69.1 Å². The minimum atomic E-state index is 0.604. The molecule has 0 aliphatic heterocycles. The van der Waals surface area contributed by atoms with Crippen molar-refractivity contribution < 1.29 is 4.84 Å². The highest BCUT2D eigenvalue weighted by atomic mass is 35.5. The second kappa shape index (κ2) is 3.66. The zero-order valence-corrected chi connectivity index (χ0v) is 6.51. The fourth-order valence-electron chi connectivity index (χ4n) is 0.561. The van der Waals surface area contributed by atoms with Crippen LogP contribution >= 0.6 is 23.6 Å². The number of nitrogens with zero attached hydrogens (tertiary/aromatic N) is 1. The van der Waals surface area contributed by atoms with Crippen molar-refractivity contribution in [2.24, 2.45) is 0 Å². The lowest BCUT2D eigenvalue weighted by Crippen LogP contribution is -2.02. The van der Waals surface area contributed by atoms with Crippen LogP contribution < -0.4 is 4.84 Å². The first-order valence-electron chi connectivity index (χ1n) is 2.64. The largest absolute Gasteiger partial charge is 0.375 e. The summed E-state index contributed by atoms with van der Waals surface area (Å²) in [7, 11) is 0. The highest BCUT2D eigenvalue weighted by molar-refractivity contribution is 6.32. The van der Waals surface area contributed by atoms with Gasteiger partial charge in [0.05, 0.1) is 0 Å². The van der Waals surface area contributed by atoms with E-state index >= 15 is 0 Å². The molecule has 0 atom stereocenters. The van der Waals surface area contributed by atoms with E-state index in [0.717, 1.165) is 0 Å². The quantitative estimate of drug-likeness (QED) is 0.509. The zero-order chi connectivity index (χ0) is 7.40. The summed E-state index contributed by atoms with van der Waals surface area (Å²) in [4.78, 5) is 4.78. The molecule has 0 N–H and O–H groups in total. The molecule has 4 heteroatoms. The molecular formula is C6H5Cl2NO. The third-order valence-corrected chi connectivity index (χ3v) is 1.06. The summed E-state index contributed by atoms with van der Waals surface area (Å²) in [6, 6.07) is 9.02. The van der Waals surface area contributed by atoms with Crippen molar-refractivity contribution >= 4 is 23.6 Å². The van der Waals surface area contributed by atoms with E-state index in [4.69, 9.17) is 28.4 Å². The summed E-state index contributed by atoms with van der Waals surface area (Å²) in [5, 5.41) is 0. The molecule has 0 amide bonds. The van der Waals surface area contributed by atoms with Crippen LogP contribution in [0.2, 0.25) is 0 Å². The second-order valence-electron chi connectivity index (χ2n) is 1.61. The molecule has 0 aliphatic rings. The van der Waals surface area contributed by atoms with E-state index < -0.39 is 0 Å². The van der Waals surface area contributed by atoms with E-state index in [-0.39, 0.29) is 0 Å². The smallest absolute Gasteiger partial charge is 0.151 e. The molecule has 0 spiro atoms. The predicted molar refractivity (Wildman–Crippen MR) is 40.6 cm³/mol. The molecule has 1 aromatic carbocycles. The molecular weight excluding hydrogens is 173 g/mol. The third kappa shape index (κ3) is 2.43. The van der Waals surface area contributed by atoms with Crippen LogP contribution in [0.15, 0.2) is 30.3 Å². The van der Waals surface area contributed by atoms with Crippen LogP contribution in [0.25, 0.3) is 0 Å². The molecule has 0 radical (unpaired) electrons. The van der Waals surface area contributed by atoms with Gasteiger partial charge < -0.3 is 4.84 Å². The number of hydrogen-bond acceptors (Lipinski definition) is 2. The predicted octanol–water partition coefficient (Wildman–Crippen LogP) is 2.59. The maximum absolute atomic E-state index is 5.19. The third-order valence-electron chi connectivity index (χ3n) is 0.918. The fourth-order valence-corrected chi connectivity index (χ4v) is 0.720. The number of hydrogen-bond donors (Lipinski definition) is 0. The van der Waals surface area contributed by atoms with Gasteiger partial charge in [-0.3, -0.25) is 0 Å². The van der Waals surface area contributed by atoms with Gasteiger partial charge in [0.2, 0.25) is 0 Å². The minimum Gasteiger partial charge on any atom is -0.375 e. The Balaban J connectivity index is 2.59. The normalized spacial score (nSPS) is 9.90. The van der Waals surface area contributed by atoms with Gasteiger partial charge in [0.15, 0.2) is 5.75 Å². The molecule has 0 saturated carbocycles. The van der Waals surface area contributed by atoms with Gasteiger partial charge in [-0.05, 0) is 12.1 Å². The van der Waals surface area contributed by atoms with Gasteiger partial charge in [0.1, 0.15) is 0 Å². The maximum atomic E-state index is 5.19. The molecule has 1 aromatic rings. The number of rotatable bonds is 2. The van der Waals surface area contributed by atoms with Gasteiger partial charge in [-0.15, -0.1) is 0 Å². The fraction of sp³-hybridized carbons (Fsp3) is 0. The van der Waals surface area contributed by atoms with Gasteiger partial charge in [0.25, 0.3) is 0 Å². The van der Waals surface area contributed by atoms with E-state index in [2.05, 4.69) is 0 Å². The van der Waals surface area contributed by atoms with Crippen LogP contribution in [0.5, 0.6) is 5.75 Å². The van der Waals surface area contributed by atoms with Crippen LogP contribution in [0, 0.1) is 0 Å². The average Bonchev–Trinajstić information content (AvgIpc) is 1.88. The van der Waals surface area contributed by atoms with Crippen LogP contribution in [0.1, 0.15) is 0 Å². The van der Waals surface area contributed by atoms with Gasteiger partial charge in [-0.25, -0.2) is 0 Å². The molecule has 0 aliphatic carbocycles. The summed E-state index contributed by atoms with van der Waals surface area (Å²) in [6.45, 7) is 0. The van der Waals surface area contributed by atoms with Gasteiger partial charge in [0, 0.05) is 27.7 Å². The highest BCUT2D eigenvalue weighted by Crippen LogP contribution is 2.12. The maximum Gasteiger partial charge on any atom is 0.151 e. The molecule has 0 unspecified atom stereocenters. The van der Waals surface area contributed by atoms with E-state index in [1.165, 1.54) is 0 Å². The second-order valence-corrected chi connectivity index (χ2v) is 2.39. The van der Waals surface area contributed by atoms with Crippen LogP contribution in [0.4, 0.5) is 0 Å². The summed E-state index contributed by atoms with van der Waals surface area (Å²) in [6.07, 6.45) is 0. The van der Waals surface area contributed by atoms with Crippen molar-refractivity contribution in [3.63, 3.8) is 0 Å². The summed E-state index contributed by atoms with van der Waals surface area (Å²) < 4.78 is 0.606. The van der Waals surface area contributed by atoms with E-state index in [1.54, 1.807) is 12.1 Å². The van der Waals surface area contributed by atoms with Crippen LogP contribution in [-0.2, 0) is 0 Å². The van der Waals surface area contributed by atoms with E-state index in [1.807, 2.05) is 18.2 Å². The standard InChI is InChI=1S/C6H5Cl2NO/c7-9(8)10-6-4-2-1-3-5-6/h1-5H. The molecule has 0 heterocycles. The number of benzene rings is 1. The average molecular weight is 178 g/mol. The topological polar surface area (TPSA) is 12.5 Å². The Morgan fingerprint density at radius 2 is 1.70 bits per heavy atom. The zero-order valence-electron chi connectivity index (χ0n) is 5.00. The van der Waals surface area contributed by atoms with Crippen molar-refractivity contribution in [2.75, 3.05) is 0 Å². The Morgan fingerprint density at radius 3 is 2.20 bits per heavy atom. The molecule has 0 saturated heterocycles. The Bertz CT molecular complexity index is 190. The first-order chi connectivity index (χ1) is 4.79. The Kier molecular flexibility index (Phi) is 2.81. The molecule has 0 aromatic heterocycles. The van der Waals surface area contributed by atoms with Gasteiger partial charge in [-0.1, -0.05) is 18.2 Å². The summed E-state index contributed by atoms with van der Waals surface area (Å²) >= 11 is 10.4. The minimum absolute atomic E-state index is 0.604. The van der Waals surface area contributed by atoms with Crippen molar-refractivity contribution in [3.05, 3.63) is 30.3 Å². The van der Waals surface area contributed by atoms with Crippen LogP contribution in [0.3, 0.4) is 0 Å². The molecule has 54 valence electrons. The van der Waals surface area contributed by atoms with Crippen LogP contribution in [-0.4, -0.2) is 4.10 Å². The Morgan fingerprint density at radius 1 is 1.10 bits per heavy atom. The van der Waals surface area contributed by atoms with Gasteiger partial charge in [-0.2, -0.15) is 0 Å². The van der Waals surface area contributed by atoms with Gasteiger partial charge >= 0.3 is 0 Å². The Hall–Kier alpha value is -0.440. The molecule has 10 heavy (non-hydrogen) atoms. The first kappa shape index (κ1) is 7.66. The number of para-hydroxylation sites is 1. The van der Waals surface area contributed by atoms with Crippen molar-refractivity contribution in [1.82, 2.24) is 4.10 Å². The van der Waals surface area contributed by atoms with Crippen molar-refractivity contribution in [2.45, 2.75) is 0 Å². The summed E-state index contributed by atoms with van der Waals surface area (Å²) in [5.74, 6) is 0.604. The van der Waals surface area contributed by atoms with Crippen molar-refractivity contribution in [3.8, 4) is 5.75 Å². The van der Waals surface area contributed by atoms with Crippen molar-refractivity contribution in [1.29, 1.82) is 0 Å². The molecule has 2 nitrogen and oxygen atoms in total. The molecule has 1 rings (SSSR count). The number of halogens is 2. The molecule has 0 bridgehead atoms.